The van der Waals surface area contributed by atoms with Crippen LogP contribution in [-0.4, -0.2) is 34.6 Å². The highest BCUT2D eigenvalue weighted by molar-refractivity contribution is 6.33. The van der Waals surface area contributed by atoms with Crippen molar-refractivity contribution in [3.05, 3.63) is 28.8 Å². The fourth-order valence-electron chi connectivity index (χ4n) is 1.68. The molecule has 0 fully saturated rings. The maximum absolute atomic E-state index is 12.2. The fraction of sp³-hybridized carbons (Fsp3) is 0.357. The van der Waals surface area contributed by atoms with Crippen molar-refractivity contribution in [2.45, 2.75) is 26.3 Å². The molecule has 0 aromatic heterocycles. The summed E-state index contributed by atoms with van der Waals surface area (Å²) in [4.78, 5) is 24.2. The SMILES string of the molecule is CC(C)N(CCC(=O)O)C(=O)Nc1ccc(C#N)cc1Cl. The number of urea groups is 1. The Labute approximate surface area is 127 Å². The minimum Gasteiger partial charge on any atom is -0.481 e. The van der Waals surface area contributed by atoms with E-state index in [1.54, 1.807) is 19.9 Å². The first-order valence-corrected chi connectivity index (χ1v) is 6.72. The summed E-state index contributed by atoms with van der Waals surface area (Å²) in [7, 11) is 0. The standard InChI is InChI=1S/C14H16ClN3O3/c1-9(2)18(6-5-13(19)20)14(21)17-12-4-3-10(8-16)7-11(12)15/h3-4,7,9H,5-6H2,1-2H3,(H,17,21)(H,19,20). The Morgan fingerprint density at radius 1 is 1.48 bits per heavy atom. The number of carboxylic acid groups (broad SMARTS) is 1. The zero-order valence-corrected chi connectivity index (χ0v) is 12.5. The van der Waals surface area contributed by atoms with Crippen LogP contribution in [0.1, 0.15) is 25.8 Å². The molecule has 0 aliphatic heterocycles. The third-order valence-electron chi connectivity index (χ3n) is 2.79. The highest BCUT2D eigenvalue weighted by Gasteiger charge is 2.18. The summed E-state index contributed by atoms with van der Waals surface area (Å²) < 4.78 is 0. The molecule has 0 saturated heterocycles. The third kappa shape index (κ3) is 4.97. The van der Waals surface area contributed by atoms with Crippen LogP contribution in [0.5, 0.6) is 0 Å². The van der Waals surface area contributed by atoms with Gasteiger partial charge < -0.3 is 15.3 Å². The molecule has 0 bridgehead atoms. The first-order valence-electron chi connectivity index (χ1n) is 6.34. The third-order valence-corrected chi connectivity index (χ3v) is 3.10. The van der Waals surface area contributed by atoms with Gasteiger partial charge in [0.25, 0.3) is 0 Å². The molecule has 112 valence electrons. The molecule has 1 aromatic carbocycles. The van der Waals surface area contributed by atoms with Crippen LogP contribution in [0.3, 0.4) is 0 Å². The van der Waals surface area contributed by atoms with Crippen molar-refractivity contribution in [2.75, 3.05) is 11.9 Å². The number of hydrogen-bond donors (Lipinski definition) is 2. The predicted octanol–water partition coefficient (Wildman–Crippen LogP) is 2.93. The molecule has 0 saturated carbocycles. The van der Waals surface area contributed by atoms with Crippen LogP contribution in [0.25, 0.3) is 0 Å². The van der Waals surface area contributed by atoms with Crippen LogP contribution >= 0.6 is 11.6 Å². The minimum absolute atomic E-state index is 0.104. The number of carboxylic acids is 1. The van der Waals surface area contributed by atoms with Crippen molar-refractivity contribution in [3.63, 3.8) is 0 Å². The van der Waals surface area contributed by atoms with Gasteiger partial charge in [-0.3, -0.25) is 4.79 Å². The molecule has 0 atom stereocenters. The van der Waals surface area contributed by atoms with Crippen molar-refractivity contribution >= 4 is 29.3 Å². The summed E-state index contributed by atoms with van der Waals surface area (Å²) in [5, 5.41) is 20.3. The van der Waals surface area contributed by atoms with E-state index in [1.165, 1.54) is 17.0 Å². The molecular formula is C14H16ClN3O3. The lowest BCUT2D eigenvalue weighted by Crippen LogP contribution is -2.41. The van der Waals surface area contributed by atoms with Crippen molar-refractivity contribution < 1.29 is 14.7 Å². The van der Waals surface area contributed by atoms with E-state index in [9.17, 15) is 9.59 Å². The fourth-order valence-corrected chi connectivity index (χ4v) is 1.91. The van der Waals surface area contributed by atoms with E-state index in [0.29, 0.717) is 11.3 Å². The molecule has 1 aromatic rings. The number of benzene rings is 1. The normalized spacial score (nSPS) is 10.0. The van der Waals surface area contributed by atoms with E-state index >= 15 is 0 Å². The van der Waals surface area contributed by atoms with Crippen LogP contribution < -0.4 is 5.32 Å². The molecule has 0 aliphatic carbocycles. The number of nitrogens with one attached hydrogen (secondary N) is 1. The maximum Gasteiger partial charge on any atom is 0.322 e. The van der Waals surface area contributed by atoms with Crippen molar-refractivity contribution in [3.8, 4) is 6.07 Å². The van der Waals surface area contributed by atoms with Gasteiger partial charge in [0.05, 0.1) is 28.8 Å². The lowest BCUT2D eigenvalue weighted by Gasteiger charge is -2.26. The molecule has 0 unspecified atom stereocenters. The first-order chi connectivity index (χ1) is 9.85. The molecule has 6 nitrogen and oxygen atoms in total. The Bertz CT molecular complexity index is 581. The van der Waals surface area contributed by atoms with Gasteiger partial charge in [0.2, 0.25) is 0 Å². The van der Waals surface area contributed by atoms with Crippen LogP contribution in [0.4, 0.5) is 10.5 Å². The second-order valence-corrected chi connectivity index (χ2v) is 5.07. The van der Waals surface area contributed by atoms with E-state index in [0.717, 1.165) is 0 Å². The summed E-state index contributed by atoms with van der Waals surface area (Å²) >= 11 is 5.99. The molecule has 2 N–H and O–H groups in total. The Hall–Kier alpha value is -2.26. The average Bonchev–Trinajstić information content (AvgIpc) is 2.40. The summed E-state index contributed by atoms with van der Waals surface area (Å²) in [6.45, 7) is 3.69. The van der Waals surface area contributed by atoms with Crippen molar-refractivity contribution in [1.29, 1.82) is 5.26 Å². The van der Waals surface area contributed by atoms with Crippen molar-refractivity contribution in [1.82, 2.24) is 4.90 Å². The molecule has 7 heteroatoms. The van der Waals surface area contributed by atoms with E-state index < -0.39 is 12.0 Å². The van der Waals surface area contributed by atoms with E-state index in [4.69, 9.17) is 22.0 Å². The second-order valence-electron chi connectivity index (χ2n) is 4.67. The van der Waals surface area contributed by atoms with Gasteiger partial charge in [0.1, 0.15) is 0 Å². The zero-order chi connectivity index (χ0) is 16.0. The number of amides is 2. The van der Waals surface area contributed by atoms with Gasteiger partial charge in [0.15, 0.2) is 0 Å². The number of nitriles is 1. The smallest absolute Gasteiger partial charge is 0.322 e. The average molecular weight is 310 g/mol. The van der Waals surface area contributed by atoms with Gasteiger partial charge >= 0.3 is 12.0 Å². The zero-order valence-electron chi connectivity index (χ0n) is 11.8. The number of hydrogen-bond acceptors (Lipinski definition) is 3. The maximum atomic E-state index is 12.2. The Balaban J connectivity index is 2.82. The van der Waals surface area contributed by atoms with Gasteiger partial charge in [-0.2, -0.15) is 5.26 Å². The molecule has 2 amide bonds. The Morgan fingerprint density at radius 2 is 2.14 bits per heavy atom. The predicted molar refractivity (Wildman–Crippen MR) is 79.3 cm³/mol. The van der Waals surface area contributed by atoms with E-state index in [1.807, 2.05) is 6.07 Å². The number of anilines is 1. The van der Waals surface area contributed by atoms with Crippen LogP contribution in [-0.2, 0) is 4.79 Å². The molecule has 0 radical (unpaired) electrons. The van der Waals surface area contributed by atoms with Crippen LogP contribution in [0.2, 0.25) is 5.02 Å². The monoisotopic (exact) mass is 309 g/mol. The quantitative estimate of drug-likeness (QED) is 0.874. The topological polar surface area (TPSA) is 93.4 Å². The van der Waals surface area contributed by atoms with Gasteiger partial charge in [-0.1, -0.05) is 11.6 Å². The second kappa shape index (κ2) is 7.50. The van der Waals surface area contributed by atoms with Crippen LogP contribution in [0, 0.1) is 11.3 Å². The number of carbonyl (C=O) groups is 2. The minimum atomic E-state index is -0.968. The van der Waals surface area contributed by atoms with Gasteiger partial charge in [-0.15, -0.1) is 0 Å². The molecule has 0 spiro atoms. The van der Waals surface area contributed by atoms with Gasteiger partial charge in [-0.25, -0.2) is 4.79 Å². The molecule has 0 aliphatic rings. The molecule has 1 rings (SSSR count). The highest BCUT2D eigenvalue weighted by Crippen LogP contribution is 2.23. The first kappa shape index (κ1) is 16.8. The highest BCUT2D eigenvalue weighted by atomic mass is 35.5. The molecule has 21 heavy (non-hydrogen) atoms. The molecule has 0 heterocycles. The van der Waals surface area contributed by atoms with E-state index in [-0.39, 0.29) is 24.0 Å². The van der Waals surface area contributed by atoms with Crippen LogP contribution in [0.15, 0.2) is 18.2 Å². The Kier molecular flexibility index (Phi) is 6.00. The summed E-state index contributed by atoms with van der Waals surface area (Å²) in [5.41, 5.74) is 0.770. The lowest BCUT2D eigenvalue weighted by molar-refractivity contribution is -0.137. The Morgan fingerprint density at radius 3 is 2.62 bits per heavy atom. The number of nitrogens with zero attached hydrogens (tertiary/aromatic N) is 2. The largest absolute Gasteiger partial charge is 0.481 e. The molecular weight excluding hydrogens is 294 g/mol. The summed E-state index contributed by atoms with van der Waals surface area (Å²) in [6.07, 6.45) is -0.132. The number of carbonyl (C=O) groups excluding carboxylic acids is 1. The number of rotatable bonds is 5. The van der Waals surface area contributed by atoms with Gasteiger partial charge in [-0.05, 0) is 32.0 Å². The number of halogens is 1. The number of aliphatic carboxylic acids is 1. The summed E-state index contributed by atoms with van der Waals surface area (Å²) in [5.74, 6) is -0.968. The summed E-state index contributed by atoms with van der Waals surface area (Å²) in [6, 6.07) is 5.89. The van der Waals surface area contributed by atoms with Crippen molar-refractivity contribution in [2.24, 2.45) is 0 Å². The van der Waals surface area contributed by atoms with Gasteiger partial charge in [0, 0.05) is 12.6 Å². The van der Waals surface area contributed by atoms with E-state index in [2.05, 4.69) is 5.32 Å². The lowest BCUT2D eigenvalue weighted by atomic mass is 10.2.